The highest BCUT2D eigenvalue weighted by Crippen LogP contribution is 2.45. The maximum atomic E-state index is 6.03. The monoisotopic (exact) mass is 423 g/mol. The predicted molar refractivity (Wildman–Crippen MR) is 102 cm³/mol. The fraction of sp³-hybridized carbons (Fsp3) is 0.412. The Balaban J connectivity index is 1.90. The predicted octanol–water partition coefficient (Wildman–Crippen LogP) is 1.99. The number of benzene rings is 1. The molecule has 0 saturated carbocycles. The van der Waals surface area contributed by atoms with Crippen molar-refractivity contribution in [3.05, 3.63) is 27.4 Å². The molecule has 0 fully saturated rings. The zero-order valence-electron chi connectivity index (χ0n) is 15.0. The molecule has 0 unspecified atom stereocenters. The van der Waals surface area contributed by atoms with Gasteiger partial charge >= 0.3 is 0 Å². The minimum Gasteiger partial charge on any atom is -0.493 e. The first-order chi connectivity index (χ1) is 12.5. The van der Waals surface area contributed by atoms with E-state index in [-0.39, 0.29) is 5.95 Å². The standard InChI is InChI=1S/C17H22BrN5O3/c1-24-12-6-9(13(18)15(26-3)14(12)25-2)7-23-5-4-11-10(8-23)16(19)22-17(20)21-11/h6H,4-5,7-8H2,1-3H3,(H4,19,20,21,22). The summed E-state index contributed by atoms with van der Waals surface area (Å²) in [6.45, 7) is 2.18. The van der Waals surface area contributed by atoms with E-state index < -0.39 is 0 Å². The summed E-state index contributed by atoms with van der Waals surface area (Å²) >= 11 is 3.63. The molecule has 0 radical (unpaired) electrons. The van der Waals surface area contributed by atoms with Crippen molar-refractivity contribution < 1.29 is 14.2 Å². The summed E-state index contributed by atoms with van der Waals surface area (Å²) in [6, 6.07) is 1.95. The van der Waals surface area contributed by atoms with Crippen LogP contribution in [0.5, 0.6) is 17.2 Å². The minimum absolute atomic E-state index is 0.224. The Morgan fingerprint density at radius 2 is 1.85 bits per heavy atom. The molecule has 1 aromatic heterocycles. The fourth-order valence-electron chi connectivity index (χ4n) is 3.18. The van der Waals surface area contributed by atoms with Crippen LogP contribution in [0.4, 0.5) is 11.8 Å². The van der Waals surface area contributed by atoms with Crippen LogP contribution in [0.1, 0.15) is 16.8 Å². The number of methoxy groups -OCH3 is 3. The molecule has 8 nitrogen and oxygen atoms in total. The smallest absolute Gasteiger partial charge is 0.222 e. The summed E-state index contributed by atoms with van der Waals surface area (Å²) < 4.78 is 17.2. The molecule has 140 valence electrons. The molecule has 1 aliphatic heterocycles. The Morgan fingerprint density at radius 3 is 2.50 bits per heavy atom. The van der Waals surface area contributed by atoms with Gasteiger partial charge in [-0.15, -0.1) is 0 Å². The van der Waals surface area contributed by atoms with Gasteiger partial charge in [-0.25, -0.2) is 4.98 Å². The Kier molecular flexibility index (Phi) is 5.38. The van der Waals surface area contributed by atoms with Gasteiger partial charge in [0.05, 0.1) is 31.5 Å². The van der Waals surface area contributed by atoms with Crippen molar-refractivity contribution in [3.8, 4) is 17.2 Å². The maximum Gasteiger partial charge on any atom is 0.222 e. The number of fused-ring (bicyclic) bond motifs is 1. The molecule has 0 spiro atoms. The van der Waals surface area contributed by atoms with E-state index >= 15 is 0 Å². The molecule has 0 saturated heterocycles. The fourth-order valence-corrected chi connectivity index (χ4v) is 3.76. The van der Waals surface area contributed by atoms with Gasteiger partial charge in [0.2, 0.25) is 11.7 Å². The average molecular weight is 424 g/mol. The first kappa shape index (κ1) is 18.5. The van der Waals surface area contributed by atoms with Gasteiger partial charge in [0.15, 0.2) is 11.5 Å². The SMILES string of the molecule is COc1cc(CN2CCc3nc(N)nc(N)c3C2)c(Br)c(OC)c1OC. The largest absolute Gasteiger partial charge is 0.493 e. The third-order valence-electron chi connectivity index (χ3n) is 4.43. The molecular weight excluding hydrogens is 402 g/mol. The molecule has 2 heterocycles. The summed E-state index contributed by atoms with van der Waals surface area (Å²) in [5.41, 5.74) is 14.6. The molecular formula is C17H22BrN5O3. The Hall–Kier alpha value is -2.26. The molecule has 26 heavy (non-hydrogen) atoms. The molecule has 0 amide bonds. The highest BCUT2D eigenvalue weighted by Gasteiger charge is 2.24. The molecule has 2 aromatic rings. The van der Waals surface area contributed by atoms with E-state index in [2.05, 4.69) is 30.8 Å². The number of ether oxygens (including phenoxy) is 3. The maximum absolute atomic E-state index is 6.03. The lowest BCUT2D eigenvalue weighted by atomic mass is 10.0. The van der Waals surface area contributed by atoms with Gasteiger partial charge in [0, 0.05) is 31.6 Å². The molecule has 9 heteroatoms. The van der Waals surface area contributed by atoms with Crippen LogP contribution in [-0.4, -0.2) is 42.7 Å². The van der Waals surface area contributed by atoms with Crippen molar-refractivity contribution in [2.45, 2.75) is 19.5 Å². The summed E-state index contributed by atoms with van der Waals surface area (Å²) in [7, 11) is 4.79. The zero-order valence-corrected chi connectivity index (χ0v) is 16.6. The second-order valence-electron chi connectivity index (χ2n) is 5.97. The summed E-state index contributed by atoms with van der Waals surface area (Å²) in [4.78, 5) is 10.6. The number of nitrogens with zero attached hydrogens (tertiary/aromatic N) is 3. The lowest BCUT2D eigenvalue weighted by Crippen LogP contribution is -2.32. The third kappa shape index (κ3) is 3.36. The lowest BCUT2D eigenvalue weighted by Gasteiger charge is -2.29. The minimum atomic E-state index is 0.224. The van der Waals surface area contributed by atoms with Crippen molar-refractivity contribution in [1.29, 1.82) is 0 Å². The van der Waals surface area contributed by atoms with E-state index in [1.54, 1.807) is 21.3 Å². The van der Waals surface area contributed by atoms with Crippen molar-refractivity contribution in [3.63, 3.8) is 0 Å². The van der Waals surface area contributed by atoms with E-state index in [4.69, 9.17) is 25.7 Å². The van der Waals surface area contributed by atoms with Crippen molar-refractivity contribution >= 4 is 27.7 Å². The van der Waals surface area contributed by atoms with Crippen molar-refractivity contribution in [1.82, 2.24) is 14.9 Å². The second kappa shape index (κ2) is 7.55. The second-order valence-corrected chi connectivity index (χ2v) is 6.76. The van der Waals surface area contributed by atoms with Gasteiger partial charge in [0.25, 0.3) is 0 Å². The highest BCUT2D eigenvalue weighted by molar-refractivity contribution is 9.10. The van der Waals surface area contributed by atoms with Crippen molar-refractivity contribution in [2.24, 2.45) is 0 Å². The molecule has 1 aromatic carbocycles. The van der Waals surface area contributed by atoms with E-state index in [0.29, 0.717) is 36.2 Å². The molecule has 4 N–H and O–H groups in total. The molecule has 0 aliphatic carbocycles. The number of halogens is 1. The number of hydrogen-bond acceptors (Lipinski definition) is 8. The first-order valence-electron chi connectivity index (χ1n) is 8.08. The number of nitrogens with two attached hydrogens (primary N) is 2. The van der Waals surface area contributed by atoms with Crippen LogP contribution in [0.2, 0.25) is 0 Å². The summed E-state index contributed by atoms with van der Waals surface area (Å²) in [6.07, 6.45) is 0.772. The van der Waals surface area contributed by atoms with Crippen LogP contribution in [-0.2, 0) is 19.5 Å². The number of nitrogen functional groups attached to an aromatic ring is 2. The zero-order chi connectivity index (χ0) is 18.8. The number of aromatic nitrogens is 2. The quantitative estimate of drug-likeness (QED) is 0.750. The van der Waals surface area contributed by atoms with E-state index in [1.165, 1.54) is 0 Å². The van der Waals surface area contributed by atoms with Gasteiger partial charge in [-0.2, -0.15) is 4.98 Å². The first-order valence-corrected chi connectivity index (χ1v) is 8.88. The van der Waals surface area contributed by atoms with E-state index in [9.17, 15) is 0 Å². The molecule has 1 aliphatic rings. The third-order valence-corrected chi connectivity index (χ3v) is 5.30. The normalized spacial score (nSPS) is 14.0. The topological polar surface area (TPSA) is 109 Å². The molecule has 0 bridgehead atoms. The number of rotatable bonds is 5. The van der Waals surface area contributed by atoms with Crippen LogP contribution < -0.4 is 25.7 Å². The average Bonchev–Trinajstić information content (AvgIpc) is 2.63. The molecule has 3 rings (SSSR count). The van der Waals surface area contributed by atoms with Gasteiger partial charge in [-0.1, -0.05) is 0 Å². The Bertz CT molecular complexity index is 831. The van der Waals surface area contributed by atoms with Crippen LogP contribution in [0.15, 0.2) is 10.5 Å². The van der Waals surface area contributed by atoms with Crippen LogP contribution in [0.25, 0.3) is 0 Å². The molecule has 0 atom stereocenters. The lowest BCUT2D eigenvalue weighted by molar-refractivity contribution is 0.241. The van der Waals surface area contributed by atoms with Gasteiger partial charge in [-0.3, -0.25) is 4.90 Å². The van der Waals surface area contributed by atoms with Crippen LogP contribution >= 0.6 is 15.9 Å². The van der Waals surface area contributed by atoms with Crippen LogP contribution in [0.3, 0.4) is 0 Å². The number of hydrogen-bond donors (Lipinski definition) is 2. The van der Waals surface area contributed by atoms with Crippen molar-refractivity contribution in [2.75, 3.05) is 39.3 Å². The summed E-state index contributed by atoms with van der Waals surface area (Å²) in [5.74, 6) is 2.46. The Morgan fingerprint density at radius 1 is 1.12 bits per heavy atom. The Labute approximate surface area is 160 Å². The number of anilines is 2. The van der Waals surface area contributed by atoms with Gasteiger partial charge in [-0.05, 0) is 27.6 Å². The van der Waals surface area contributed by atoms with Gasteiger partial charge in [0.1, 0.15) is 5.82 Å². The summed E-state index contributed by atoms with van der Waals surface area (Å²) in [5, 5.41) is 0. The van der Waals surface area contributed by atoms with Crippen LogP contribution in [0, 0.1) is 0 Å². The van der Waals surface area contributed by atoms with Gasteiger partial charge < -0.3 is 25.7 Å². The van der Waals surface area contributed by atoms with E-state index in [1.807, 2.05) is 6.07 Å². The van der Waals surface area contributed by atoms with E-state index in [0.717, 1.165) is 34.3 Å². The highest BCUT2D eigenvalue weighted by atomic mass is 79.9.